The molecule has 31 heavy (non-hydrogen) atoms. The van der Waals surface area contributed by atoms with Gasteiger partial charge in [-0.15, -0.1) is 0 Å². The second-order valence-corrected chi connectivity index (χ2v) is 7.14. The number of para-hydroxylation sites is 1. The smallest absolute Gasteiger partial charge is 0.337 e. The summed E-state index contributed by atoms with van der Waals surface area (Å²) in [6, 6.07) is 18.3. The molecule has 0 saturated carbocycles. The number of aryl methyl sites for hydroxylation is 2. The minimum Gasteiger partial charge on any atom is -0.465 e. The number of amides is 1. The molecular formula is C25H23N3O3. The Hall–Kier alpha value is -4.11. The molecule has 1 amide bonds. The van der Waals surface area contributed by atoms with Crippen molar-refractivity contribution in [3.05, 3.63) is 88.2 Å². The van der Waals surface area contributed by atoms with Crippen molar-refractivity contribution in [3.8, 4) is 11.8 Å². The molecule has 2 aromatic carbocycles. The van der Waals surface area contributed by atoms with Gasteiger partial charge in [0.2, 0.25) is 0 Å². The minimum absolute atomic E-state index is 0.0120. The summed E-state index contributed by atoms with van der Waals surface area (Å²) in [4.78, 5) is 24.2. The molecule has 0 aliphatic heterocycles. The minimum atomic E-state index is -0.519. The normalized spacial score (nSPS) is 11.0. The Kier molecular flexibility index (Phi) is 6.37. The van der Waals surface area contributed by atoms with Crippen LogP contribution in [0.1, 0.15) is 32.9 Å². The van der Waals surface area contributed by atoms with Gasteiger partial charge in [-0.3, -0.25) is 4.79 Å². The Morgan fingerprint density at radius 1 is 1.06 bits per heavy atom. The summed E-state index contributed by atoms with van der Waals surface area (Å²) in [7, 11) is 1.30. The van der Waals surface area contributed by atoms with E-state index in [-0.39, 0.29) is 5.57 Å². The van der Waals surface area contributed by atoms with Crippen LogP contribution in [0, 0.1) is 32.1 Å². The number of nitriles is 1. The van der Waals surface area contributed by atoms with E-state index in [9.17, 15) is 14.9 Å². The summed E-state index contributed by atoms with van der Waals surface area (Å²) in [5.41, 5.74) is 5.78. The van der Waals surface area contributed by atoms with E-state index in [2.05, 4.69) is 14.6 Å². The van der Waals surface area contributed by atoms with Crippen molar-refractivity contribution in [2.45, 2.75) is 20.8 Å². The number of anilines is 1. The van der Waals surface area contributed by atoms with E-state index in [0.717, 1.165) is 28.2 Å². The number of nitrogens with one attached hydrogen (secondary N) is 1. The third kappa shape index (κ3) is 4.57. The first-order chi connectivity index (χ1) is 14.8. The lowest BCUT2D eigenvalue weighted by Gasteiger charge is -2.12. The number of hydrogen-bond acceptors (Lipinski definition) is 4. The lowest BCUT2D eigenvalue weighted by molar-refractivity contribution is -0.112. The standard InChI is InChI=1S/C25H23N3O3/c1-16-7-5-6-8-23(16)28-17(2)13-20(18(28)3)14-21(15-26)24(29)27-22-11-9-19(10-12-22)25(30)31-4/h5-14H,1-4H3,(H,27,29)/b21-14-. The first-order valence-electron chi connectivity index (χ1n) is 9.72. The molecule has 1 aromatic heterocycles. The zero-order valence-corrected chi connectivity index (χ0v) is 17.9. The van der Waals surface area contributed by atoms with Gasteiger partial charge in [0.05, 0.1) is 12.7 Å². The largest absolute Gasteiger partial charge is 0.465 e. The van der Waals surface area contributed by atoms with Crippen molar-refractivity contribution in [2.24, 2.45) is 0 Å². The van der Waals surface area contributed by atoms with Gasteiger partial charge in [-0.2, -0.15) is 5.26 Å². The summed E-state index contributed by atoms with van der Waals surface area (Å²) < 4.78 is 6.77. The predicted molar refractivity (Wildman–Crippen MR) is 120 cm³/mol. The molecule has 156 valence electrons. The Labute approximate surface area is 181 Å². The first kappa shape index (κ1) is 21.6. The van der Waals surface area contributed by atoms with Crippen molar-refractivity contribution in [3.63, 3.8) is 0 Å². The van der Waals surface area contributed by atoms with Crippen LogP contribution in [0.5, 0.6) is 0 Å². The maximum Gasteiger partial charge on any atom is 0.337 e. The molecule has 0 radical (unpaired) electrons. The number of carbonyl (C=O) groups is 2. The van der Waals surface area contributed by atoms with Gasteiger partial charge >= 0.3 is 5.97 Å². The maximum absolute atomic E-state index is 12.6. The highest BCUT2D eigenvalue weighted by molar-refractivity contribution is 6.09. The predicted octanol–water partition coefficient (Wildman–Crippen LogP) is 4.73. The average Bonchev–Trinajstić information content (AvgIpc) is 3.05. The Morgan fingerprint density at radius 2 is 1.74 bits per heavy atom. The molecule has 3 rings (SSSR count). The lowest BCUT2D eigenvalue weighted by Crippen LogP contribution is -2.13. The Bertz CT molecular complexity index is 1210. The van der Waals surface area contributed by atoms with Crippen LogP contribution in [0.15, 0.2) is 60.2 Å². The molecule has 0 saturated heterocycles. The second kappa shape index (κ2) is 9.14. The number of methoxy groups -OCH3 is 1. The Balaban J connectivity index is 1.87. The number of esters is 1. The molecule has 6 nitrogen and oxygen atoms in total. The second-order valence-electron chi connectivity index (χ2n) is 7.14. The molecule has 0 aliphatic carbocycles. The number of benzene rings is 2. The fourth-order valence-electron chi connectivity index (χ4n) is 3.43. The third-order valence-corrected chi connectivity index (χ3v) is 5.06. The monoisotopic (exact) mass is 413 g/mol. The molecule has 1 heterocycles. The van der Waals surface area contributed by atoms with Gasteiger partial charge < -0.3 is 14.6 Å². The lowest BCUT2D eigenvalue weighted by atomic mass is 10.1. The molecule has 0 atom stereocenters. The van der Waals surface area contributed by atoms with E-state index in [1.54, 1.807) is 30.3 Å². The summed E-state index contributed by atoms with van der Waals surface area (Å²) >= 11 is 0. The Morgan fingerprint density at radius 3 is 2.35 bits per heavy atom. The van der Waals surface area contributed by atoms with Crippen LogP contribution in [-0.4, -0.2) is 23.6 Å². The van der Waals surface area contributed by atoms with Crippen LogP contribution < -0.4 is 5.32 Å². The molecule has 0 fully saturated rings. The van der Waals surface area contributed by atoms with Gasteiger partial charge in [-0.25, -0.2) is 4.79 Å². The molecule has 1 N–H and O–H groups in total. The van der Waals surface area contributed by atoms with Crippen LogP contribution in [0.3, 0.4) is 0 Å². The molecule has 0 unspecified atom stereocenters. The van der Waals surface area contributed by atoms with Crippen molar-refractivity contribution >= 4 is 23.6 Å². The van der Waals surface area contributed by atoms with Crippen LogP contribution >= 0.6 is 0 Å². The summed E-state index contributed by atoms with van der Waals surface area (Å²) in [6.07, 6.45) is 1.59. The summed E-state index contributed by atoms with van der Waals surface area (Å²) in [6.45, 7) is 6.00. The van der Waals surface area contributed by atoms with Gasteiger partial charge in [0.15, 0.2) is 0 Å². The van der Waals surface area contributed by atoms with E-state index < -0.39 is 11.9 Å². The maximum atomic E-state index is 12.6. The van der Waals surface area contributed by atoms with Crippen LogP contribution in [0.4, 0.5) is 5.69 Å². The molecule has 0 bridgehead atoms. The molecule has 0 aliphatic rings. The van der Waals surface area contributed by atoms with Gasteiger partial charge in [-0.1, -0.05) is 18.2 Å². The quantitative estimate of drug-likeness (QED) is 0.372. The number of ether oxygens (including phenoxy) is 1. The SMILES string of the molecule is COC(=O)c1ccc(NC(=O)/C(C#N)=C\c2cc(C)n(-c3ccccc3C)c2C)cc1. The van der Waals surface area contributed by atoms with Gasteiger partial charge in [0.25, 0.3) is 5.91 Å². The molecule has 0 spiro atoms. The summed E-state index contributed by atoms with van der Waals surface area (Å²) in [5, 5.41) is 12.3. The van der Waals surface area contributed by atoms with Gasteiger partial charge in [0.1, 0.15) is 11.6 Å². The van der Waals surface area contributed by atoms with Crippen molar-refractivity contribution in [1.82, 2.24) is 4.57 Å². The highest BCUT2D eigenvalue weighted by Gasteiger charge is 2.15. The van der Waals surface area contributed by atoms with E-state index in [0.29, 0.717) is 11.3 Å². The van der Waals surface area contributed by atoms with Crippen LogP contribution in [-0.2, 0) is 9.53 Å². The van der Waals surface area contributed by atoms with Gasteiger partial charge in [0, 0.05) is 22.8 Å². The number of aromatic nitrogens is 1. The number of rotatable bonds is 5. The van der Waals surface area contributed by atoms with Crippen molar-refractivity contribution < 1.29 is 14.3 Å². The van der Waals surface area contributed by atoms with Crippen molar-refractivity contribution in [1.29, 1.82) is 5.26 Å². The highest BCUT2D eigenvalue weighted by Crippen LogP contribution is 2.25. The van der Waals surface area contributed by atoms with E-state index in [1.807, 2.05) is 57.2 Å². The molecule has 3 aromatic rings. The van der Waals surface area contributed by atoms with E-state index in [1.165, 1.54) is 7.11 Å². The third-order valence-electron chi connectivity index (χ3n) is 5.06. The van der Waals surface area contributed by atoms with Crippen LogP contribution in [0.25, 0.3) is 11.8 Å². The topological polar surface area (TPSA) is 84.1 Å². The fourth-order valence-corrected chi connectivity index (χ4v) is 3.43. The zero-order chi connectivity index (χ0) is 22.5. The fraction of sp³-hybridized carbons (Fsp3) is 0.160. The van der Waals surface area contributed by atoms with E-state index >= 15 is 0 Å². The summed E-state index contributed by atoms with van der Waals surface area (Å²) in [5.74, 6) is -0.978. The number of hydrogen-bond donors (Lipinski definition) is 1. The van der Waals surface area contributed by atoms with Crippen molar-refractivity contribution in [2.75, 3.05) is 12.4 Å². The first-order valence-corrected chi connectivity index (χ1v) is 9.72. The number of carbonyl (C=O) groups excluding carboxylic acids is 2. The van der Waals surface area contributed by atoms with Gasteiger partial charge in [-0.05, 0) is 74.4 Å². The highest BCUT2D eigenvalue weighted by atomic mass is 16.5. The van der Waals surface area contributed by atoms with Crippen LogP contribution in [0.2, 0.25) is 0 Å². The average molecular weight is 413 g/mol. The number of nitrogens with zero attached hydrogens (tertiary/aromatic N) is 2. The van der Waals surface area contributed by atoms with E-state index in [4.69, 9.17) is 0 Å². The molecular weight excluding hydrogens is 390 g/mol. The zero-order valence-electron chi connectivity index (χ0n) is 17.9. The molecule has 6 heteroatoms.